The van der Waals surface area contributed by atoms with E-state index in [0.29, 0.717) is 0 Å². The van der Waals surface area contributed by atoms with E-state index in [1.807, 2.05) is 36.4 Å². The SMILES string of the molecule is C[C@H](NC(=O)OCC1c2ccccc2-c2ccccc21)C(=O)NCCn1cc(C(=O)O)nn1. The molecule has 10 nitrogen and oxygen atoms in total. The van der Waals surface area contributed by atoms with Crippen molar-refractivity contribution in [2.45, 2.75) is 25.4 Å². The number of hydrogen-bond acceptors (Lipinski definition) is 6. The Morgan fingerprint density at radius 1 is 1.09 bits per heavy atom. The minimum absolute atomic E-state index is 0.0642. The van der Waals surface area contributed by atoms with Gasteiger partial charge in [0.15, 0.2) is 5.69 Å². The van der Waals surface area contributed by atoms with Gasteiger partial charge in [-0.15, -0.1) is 5.10 Å². The van der Waals surface area contributed by atoms with E-state index >= 15 is 0 Å². The fourth-order valence-corrected chi connectivity index (χ4v) is 3.83. The molecular formula is C23H23N5O5. The Labute approximate surface area is 189 Å². The molecule has 33 heavy (non-hydrogen) atoms. The number of carbonyl (C=O) groups excluding carboxylic acids is 2. The van der Waals surface area contributed by atoms with Crippen LogP contribution < -0.4 is 10.6 Å². The third kappa shape index (κ3) is 4.84. The van der Waals surface area contributed by atoms with Gasteiger partial charge in [-0.25, -0.2) is 14.3 Å². The minimum atomic E-state index is -1.17. The Bertz CT molecular complexity index is 1150. The van der Waals surface area contributed by atoms with Crippen molar-refractivity contribution in [3.05, 3.63) is 71.5 Å². The van der Waals surface area contributed by atoms with Crippen LogP contribution in [-0.2, 0) is 16.1 Å². The maximum absolute atomic E-state index is 12.3. The van der Waals surface area contributed by atoms with Crippen molar-refractivity contribution < 1.29 is 24.2 Å². The summed E-state index contributed by atoms with van der Waals surface area (Å²) in [6.45, 7) is 2.14. The number of rotatable bonds is 8. The Balaban J connectivity index is 1.25. The summed E-state index contributed by atoms with van der Waals surface area (Å²) in [6.07, 6.45) is 0.592. The fraction of sp³-hybridized carbons (Fsp3) is 0.261. The first-order chi connectivity index (χ1) is 15.9. The highest BCUT2D eigenvalue weighted by molar-refractivity contribution is 5.85. The number of carbonyl (C=O) groups is 3. The Hall–Kier alpha value is -4.21. The second kappa shape index (κ2) is 9.51. The lowest BCUT2D eigenvalue weighted by Gasteiger charge is -2.17. The second-order valence-electron chi connectivity index (χ2n) is 7.65. The average Bonchev–Trinajstić information content (AvgIpc) is 3.41. The molecule has 1 aliphatic carbocycles. The molecule has 0 radical (unpaired) electrons. The van der Waals surface area contributed by atoms with E-state index in [-0.39, 0.29) is 31.3 Å². The number of aromatic nitrogens is 3. The molecule has 3 aromatic rings. The number of ether oxygens (including phenoxy) is 1. The summed E-state index contributed by atoms with van der Waals surface area (Å²) in [5, 5.41) is 21.2. The predicted molar refractivity (Wildman–Crippen MR) is 118 cm³/mol. The number of nitrogens with one attached hydrogen (secondary N) is 2. The van der Waals surface area contributed by atoms with Crippen molar-refractivity contribution in [2.24, 2.45) is 0 Å². The van der Waals surface area contributed by atoms with Gasteiger partial charge in [-0.05, 0) is 29.2 Å². The van der Waals surface area contributed by atoms with Crippen LogP contribution in [0.5, 0.6) is 0 Å². The zero-order valence-electron chi connectivity index (χ0n) is 17.9. The number of carboxylic acids is 1. The van der Waals surface area contributed by atoms with Crippen LogP contribution in [0.15, 0.2) is 54.7 Å². The van der Waals surface area contributed by atoms with Gasteiger partial charge in [-0.2, -0.15) is 0 Å². The molecule has 1 heterocycles. The standard InChI is InChI=1S/C23H23N5O5/c1-14(21(29)24-10-11-28-12-20(22(30)31)26-27-28)25-23(32)33-13-19-17-8-4-2-6-15(17)16-7-3-5-9-18(16)19/h2-9,12,14,19H,10-11,13H2,1H3,(H,24,29)(H,25,32)(H,30,31)/t14-/m0/s1. The van der Waals surface area contributed by atoms with Gasteiger partial charge in [-0.1, -0.05) is 53.7 Å². The highest BCUT2D eigenvalue weighted by Gasteiger charge is 2.29. The summed E-state index contributed by atoms with van der Waals surface area (Å²) >= 11 is 0. The van der Waals surface area contributed by atoms with Gasteiger partial charge in [0.05, 0.1) is 12.7 Å². The summed E-state index contributed by atoms with van der Waals surface area (Å²) < 4.78 is 6.76. The summed E-state index contributed by atoms with van der Waals surface area (Å²) in [4.78, 5) is 35.4. The van der Waals surface area contributed by atoms with Crippen LogP contribution in [0.25, 0.3) is 11.1 Å². The molecule has 2 aromatic carbocycles. The first-order valence-electron chi connectivity index (χ1n) is 10.5. The molecule has 1 atom stereocenters. The van der Waals surface area contributed by atoms with Crippen molar-refractivity contribution in [3.63, 3.8) is 0 Å². The van der Waals surface area contributed by atoms with Crippen LogP contribution in [0.1, 0.15) is 34.5 Å². The molecular weight excluding hydrogens is 426 g/mol. The molecule has 3 N–H and O–H groups in total. The van der Waals surface area contributed by atoms with E-state index in [9.17, 15) is 14.4 Å². The van der Waals surface area contributed by atoms with Crippen molar-refractivity contribution >= 4 is 18.0 Å². The van der Waals surface area contributed by atoms with Crippen LogP contribution >= 0.6 is 0 Å². The maximum atomic E-state index is 12.3. The minimum Gasteiger partial charge on any atom is -0.476 e. The Kier molecular flexibility index (Phi) is 6.34. The molecule has 0 aliphatic heterocycles. The summed E-state index contributed by atoms with van der Waals surface area (Å²) in [6, 6.07) is 15.3. The number of hydrogen-bond donors (Lipinski definition) is 3. The van der Waals surface area contributed by atoms with Gasteiger partial charge >= 0.3 is 12.1 Å². The molecule has 0 fully saturated rings. The monoisotopic (exact) mass is 449 g/mol. The van der Waals surface area contributed by atoms with Gasteiger partial charge in [0, 0.05) is 12.5 Å². The van der Waals surface area contributed by atoms with Crippen LogP contribution in [0.2, 0.25) is 0 Å². The number of alkyl carbamates (subject to hydrolysis) is 1. The molecule has 2 amide bonds. The van der Waals surface area contributed by atoms with Crippen LogP contribution in [0, 0.1) is 0 Å². The number of benzene rings is 2. The van der Waals surface area contributed by atoms with Crippen LogP contribution in [-0.4, -0.2) is 57.3 Å². The number of fused-ring (bicyclic) bond motifs is 3. The number of carboxylic acid groups (broad SMARTS) is 1. The zero-order chi connectivity index (χ0) is 23.4. The predicted octanol–water partition coefficient (Wildman–Crippen LogP) is 2.02. The van der Waals surface area contributed by atoms with E-state index in [0.717, 1.165) is 22.3 Å². The largest absolute Gasteiger partial charge is 0.476 e. The summed E-state index contributed by atoms with van der Waals surface area (Å²) in [7, 11) is 0. The van der Waals surface area contributed by atoms with E-state index in [1.54, 1.807) is 6.92 Å². The highest BCUT2D eigenvalue weighted by atomic mass is 16.5. The number of nitrogens with zero attached hydrogens (tertiary/aromatic N) is 3. The third-order valence-corrected chi connectivity index (χ3v) is 5.47. The van der Waals surface area contributed by atoms with Crippen molar-refractivity contribution in [2.75, 3.05) is 13.2 Å². The number of aromatic carboxylic acids is 1. The van der Waals surface area contributed by atoms with Crippen molar-refractivity contribution in [3.8, 4) is 11.1 Å². The van der Waals surface area contributed by atoms with E-state index in [4.69, 9.17) is 9.84 Å². The topological polar surface area (TPSA) is 135 Å². The molecule has 0 unspecified atom stereocenters. The first-order valence-corrected chi connectivity index (χ1v) is 10.5. The lowest BCUT2D eigenvalue weighted by atomic mass is 9.98. The van der Waals surface area contributed by atoms with Gasteiger partial charge in [-0.3, -0.25) is 4.79 Å². The second-order valence-corrected chi connectivity index (χ2v) is 7.65. The van der Waals surface area contributed by atoms with Gasteiger partial charge < -0.3 is 20.5 Å². The summed E-state index contributed by atoms with van der Waals surface area (Å²) in [5.74, 6) is -1.64. The lowest BCUT2D eigenvalue weighted by Crippen LogP contribution is -2.45. The molecule has 4 rings (SSSR count). The average molecular weight is 449 g/mol. The zero-order valence-corrected chi connectivity index (χ0v) is 17.9. The van der Waals surface area contributed by atoms with Crippen molar-refractivity contribution in [1.29, 1.82) is 0 Å². The smallest absolute Gasteiger partial charge is 0.407 e. The fourth-order valence-electron chi connectivity index (χ4n) is 3.83. The highest BCUT2D eigenvalue weighted by Crippen LogP contribution is 2.44. The molecule has 1 aliphatic rings. The normalized spacial score (nSPS) is 13.0. The molecule has 1 aromatic heterocycles. The maximum Gasteiger partial charge on any atom is 0.407 e. The molecule has 10 heteroatoms. The van der Waals surface area contributed by atoms with E-state index in [2.05, 4.69) is 33.1 Å². The van der Waals surface area contributed by atoms with Gasteiger partial charge in [0.25, 0.3) is 0 Å². The molecule has 0 saturated heterocycles. The van der Waals surface area contributed by atoms with Crippen molar-refractivity contribution in [1.82, 2.24) is 25.6 Å². The van der Waals surface area contributed by atoms with Gasteiger partial charge in [0.2, 0.25) is 5.91 Å². The van der Waals surface area contributed by atoms with E-state index in [1.165, 1.54) is 10.9 Å². The lowest BCUT2D eigenvalue weighted by molar-refractivity contribution is -0.122. The Morgan fingerprint density at radius 2 is 1.73 bits per heavy atom. The summed E-state index contributed by atoms with van der Waals surface area (Å²) in [5.41, 5.74) is 4.31. The third-order valence-electron chi connectivity index (χ3n) is 5.47. The molecule has 0 saturated carbocycles. The number of amides is 2. The molecule has 0 spiro atoms. The molecule has 0 bridgehead atoms. The quantitative estimate of drug-likeness (QED) is 0.479. The van der Waals surface area contributed by atoms with Crippen LogP contribution in [0.3, 0.4) is 0 Å². The van der Waals surface area contributed by atoms with Gasteiger partial charge in [0.1, 0.15) is 12.6 Å². The first kappa shape index (κ1) is 22.0. The van der Waals surface area contributed by atoms with E-state index < -0.39 is 24.0 Å². The van der Waals surface area contributed by atoms with Crippen LogP contribution in [0.4, 0.5) is 4.79 Å². The Morgan fingerprint density at radius 3 is 2.33 bits per heavy atom. The molecule has 170 valence electrons.